The molecule has 0 aliphatic heterocycles. The van der Waals surface area contributed by atoms with E-state index in [9.17, 15) is 8.78 Å². The Morgan fingerprint density at radius 2 is 1.58 bits per heavy atom. The third-order valence-corrected chi connectivity index (χ3v) is 5.86. The molecular weight excluding hydrogens is 484 g/mol. The van der Waals surface area contributed by atoms with Gasteiger partial charge in [-0.1, -0.05) is 30.3 Å². The molecule has 184 valence electrons. The smallest absolute Gasteiger partial charge is 0.387 e. The van der Waals surface area contributed by atoms with Crippen LogP contribution in [-0.2, 0) is 0 Å². The van der Waals surface area contributed by atoms with Crippen molar-refractivity contribution in [2.24, 2.45) is 10.1 Å². The van der Waals surface area contributed by atoms with Crippen molar-refractivity contribution in [1.29, 1.82) is 0 Å². The Hall–Kier alpha value is -4.24. The monoisotopic (exact) mass is 507 g/mol. The van der Waals surface area contributed by atoms with Crippen LogP contribution in [0.25, 0.3) is 17.3 Å². The van der Waals surface area contributed by atoms with Crippen molar-refractivity contribution in [2.45, 2.75) is 6.61 Å². The first-order valence-corrected chi connectivity index (χ1v) is 11.7. The number of benzene rings is 3. The van der Waals surface area contributed by atoms with Crippen LogP contribution in [0.15, 0.2) is 94.3 Å². The minimum absolute atomic E-state index is 0.0812. The molecule has 0 N–H and O–H groups in total. The zero-order valence-corrected chi connectivity index (χ0v) is 20.4. The minimum atomic E-state index is -2.88. The first kappa shape index (κ1) is 24.9. The average molecular weight is 508 g/mol. The molecule has 0 fully saturated rings. The predicted molar refractivity (Wildman–Crippen MR) is 139 cm³/mol. The van der Waals surface area contributed by atoms with Crippen LogP contribution in [0.5, 0.6) is 17.2 Å². The second-order valence-corrected chi connectivity index (χ2v) is 8.10. The molecule has 6 nitrogen and oxygen atoms in total. The van der Waals surface area contributed by atoms with Gasteiger partial charge in [0.25, 0.3) is 0 Å². The van der Waals surface area contributed by atoms with Crippen LogP contribution in [0.2, 0.25) is 0 Å². The summed E-state index contributed by atoms with van der Waals surface area (Å²) in [5, 5.41) is 6.53. The molecule has 0 unspecified atom stereocenters. The Morgan fingerprint density at radius 1 is 0.889 bits per heavy atom. The Bertz CT molecular complexity index is 1430. The molecule has 0 saturated carbocycles. The van der Waals surface area contributed by atoms with Gasteiger partial charge in [0.1, 0.15) is 22.9 Å². The predicted octanol–water partition coefficient (Wildman–Crippen LogP) is 6.61. The number of thiazole rings is 1. The van der Waals surface area contributed by atoms with E-state index in [4.69, 9.17) is 14.5 Å². The summed E-state index contributed by atoms with van der Waals surface area (Å²) >= 11 is 1.39. The van der Waals surface area contributed by atoms with E-state index < -0.39 is 6.61 Å². The summed E-state index contributed by atoms with van der Waals surface area (Å²) in [7, 11) is 3.21. The zero-order valence-electron chi connectivity index (χ0n) is 19.5. The van der Waals surface area contributed by atoms with Gasteiger partial charge >= 0.3 is 6.61 Å². The van der Waals surface area contributed by atoms with E-state index in [-0.39, 0.29) is 5.75 Å². The molecule has 9 heteroatoms. The normalized spacial score (nSPS) is 12.1. The highest BCUT2D eigenvalue weighted by Crippen LogP contribution is 2.28. The van der Waals surface area contributed by atoms with Crippen LogP contribution in [0.3, 0.4) is 0 Å². The van der Waals surface area contributed by atoms with E-state index in [1.54, 1.807) is 43.3 Å². The summed E-state index contributed by atoms with van der Waals surface area (Å²) in [6.07, 6.45) is 5.35. The van der Waals surface area contributed by atoms with Crippen LogP contribution >= 0.6 is 11.3 Å². The van der Waals surface area contributed by atoms with Crippen molar-refractivity contribution in [2.75, 3.05) is 14.2 Å². The molecule has 3 aromatic carbocycles. The lowest BCUT2D eigenvalue weighted by Crippen LogP contribution is -2.11. The summed E-state index contributed by atoms with van der Waals surface area (Å²) in [5.74, 6) is 1.47. The summed E-state index contributed by atoms with van der Waals surface area (Å²) in [5.41, 5.74) is 3.07. The lowest BCUT2D eigenvalue weighted by atomic mass is 10.2. The molecule has 1 aromatic heterocycles. The number of hydrogen-bond acceptors (Lipinski definition) is 6. The van der Waals surface area contributed by atoms with Gasteiger partial charge in [-0.2, -0.15) is 13.9 Å². The van der Waals surface area contributed by atoms with E-state index >= 15 is 0 Å². The van der Waals surface area contributed by atoms with Gasteiger partial charge in [0.15, 0.2) is 0 Å². The second kappa shape index (κ2) is 11.9. The molecule has 4 rings (SSSR count). The number of alkyl halides is 2. The van der Waals surface area contributed by atoms with E-state index in [1.807, 2.05) is 60.0 Å². The molecule has 1 heterocycles. The quantitative estimate of drug-likeness (QED) is 0.239. The average Bonchev–Trinajstić information content (AvgIpc) is 3.29. The molecule has 0 amide bonds. The molecule has 0 saturated heterocycles. The number of allylic oxidation sites excluding steroid dienone is 1. The largest absolute Gasteiger partial charge is 0.496 e. The lowest BCUT2D eigenvalue weighted by Gasteiger charge is -2.07. The van der Waals surface area contributed by atoms with Crippen molar-refractivity contribution in [3.8, 4) is 28.5 Å². The molecule has 0 aliphatic carbocycles. The van der Waals surface area contributed by atoms with Gasteiger partial charge in [0.05, 0.1) is 19.9 Å². The number of methoxy groups -OCH3 is 2. The molecule has 4 aromatic rings. The van der Waals surface area contributed by atoms with Crippen LogP contribution < -0.4 is 19.0 Å². The topological polar surface area (TPSA) is 57.3 Å². The summed E-state index contributed by atoms with van der Waals surface area (Å²) < 4.78 is 42.1. The maximum absolute atomic E-state index is 12.5. The Labute approximate surface area is 211 Å². The maximum Gasteiger partial charge on any atom is 0.387 e. The summed E-state index contributed by atoms with van der Waals surface area (Å²) in [6, 6.07) is 21.5. The highest BCUT2D eigenvalue weighted by atomic mass is 32.1. The Kier molecular flexibility index (Phi) is 8.25. The number of nitrogens with zero attached hydrogens (tertiary/aromatic N) is 3. The van der Waals surface area contributed by atoms with E-state index in [1.165, 1.54) is 23.5 Å². The SMILES string of the molecule is COc1ccccc1/C=C/C=N\n1c(-c2ccc(OC(F)F)cc2)csc1=Nc1ccccc1OC. The standard InChI is InChI=1S/C27H23F2N3O3S/c1-33-24-11-5-3-8-20(24)9-7-17-30-32-23(19-13-15-21(16-14-19)35-26(28)29)18-36-27(32)31-22-10-4-6-12-25(22)34-2/h3-18,26H,1-2H3/b9-7+,30-17-,31-27?. The summed E-state index contributed by atoms with van der Waals surface area (Å²) in [4.78, 5) is 5.36. The van der Waals surface area contributed by atoms with Gasteiger partial charge in [0.2, 0.25) is 4.80 Å². The first-order valence-electron chi connectivity index (χ1n) is 10.9. The summed E-state index contributed by atoms with van der Waals surface area (Å²) in [6.45, 7) is -2.88. The van der Waals surface area contributed by atoms with Crippen molar-refractivity contribution in [3.63, 3.8) is 0 Å². The fourth-order valence-electron chi connectivity index (χ4n) is 3.38. The van der Waals surface area contributed by atoms with Crippen molar-refractivity contribution >= 4 is 29.3 Å². The third kappa shape index (κ3) is 6.05. The van der Waals surface area contributed by atoms with Crippen molar-refractivity contribution in [3.05, 3.63) is 94.6 Å². The number of hydrogen-bond donors (Lipinski definition) is 0. The number of ether oxygens (including phenoxy) is 3. The lowest BCUT2D eigenvalue weighted by molar-refractivity contribution is -0.0498. The van der Waals surface area contributed by atoms with Gasteiger partial charge in [-0.25, -0.2) is 9.67 Å². The highest BCUT2D eigenvalue weighted by Gasteiger charge is 2.10. The fraction of sp³-hybridized carbons (Fsp3) is 0.111. The Balaban J connectivity index is 1.74. The number of para-hydroxylation sites is 3. The maximum atomic E-state index is 12.5. The number of aromatic nitrogens is 1. The van der Waals surface area contributed by atoms with Crippen LogP contribution in [0.4, 0.5) is 14.5 Å². The van der Waals surface area contributed by atoms with Gasteiger partial charge in [0, 0.05) is 22.7 Å². The molecule has 0 bridgehead atoms. The van der Waals surface area contributed by atoms with Gasteiger partial charge in [-0.05, 0) is 54.6 Å². The van der Waals surface area contributed by atoms with E-state index in [0.717, 1.165) is 22.6 Å². The first-order chi connectivity index (χ1) is 17.6. The zero-order chi connectivity index (χ0) is 25.3. The Morgan fingerprint density at radius 3 is 2.31 bits per heavy atom. The molecule has 36 heavy (non-hydrogen) atoms. The minimum Gasteiger partial charge on any atom is -0.496 e. The van der Waals surface area contributed by atoms with Crippen LogP contribution in [0, 0.1) is 0 Å². The number of rotatable bonds is 9. The van der Waals surface area contributed by atoms with Gasteiger partial charge in [-0.3, -0.25) is 0 Å². The van der Waals surface area contributed by atoms with Crippen molar-refractivity contribution < 1.29 is 23.0 Å². The van der Waals surface area contributed by atoms with E-state index in [2.05, 4.69) is 9.84 Å². The molecular formula is C27H23F2N3O3S. The van der Waals surface area contributed by atoms with Crippen LogP contribution in [-0.4, -0.2) is 31.7 Å². The van der Waals surface area contributed by atoms with Crippen LogP contribution in [0.1, 0.15) is 5.56 Å². The fourth-order valence-corrected chi connectivity index (χ4v) is 4.22. The molecule has 0 spiro atoms. The second-order valence-electron chi connectivity index (χ2n) is 7.27. The van der Waals surface area contributed by atoms with Gasteiger partial charge in [-0.15, -0.1) is 11.3 Å². The molecule has 0 atom stereocenters. The highest BCUT2D eigenvalue weighted by molar-refractivity contribution is 7.07. The molecule has 0 radical (unpaired) electrons. The van der Waals surface area contributed by atoms with Crippen molar-refractivity contribution in [1.82, 2.24) is 4.68 Å². The number of halogens is 2. The third-order valence-electron chi connectivity index (χ3n) is 5.04. The van der Waals surface area contributed by atoms with E-state index in [0.29, 0.717) is 16.2 Å². The molecule has 0 aliphatic rings. The van der Waals surface area contributed by atoms with Gasteiger partial charge < -0.3 is 14.2 Å².